The zero-order chi connectivity index (χ0) is 40.1. The van der Waals surface area contributed by atoms with Gasteiger partial charge in [0.25, 0.3) is 0 Å². The Bertz CT molecular complexity index is 1890. The van der Waals surface area contributed by atoms with Crippen LogP contribution in [0, 0.1) is 29.1 Å². The van der Waals surface area contributed by atoms with E-state index in [-0.39, 0.29) is 17.8 Å². The number of halogens is 1. The molecule has 2 unspecified atom stereocenters. The Morgan fingerprint density at radius 2 is 1.62 bits per heavy atom. The number of carbonyl (C=O) groups excluding carboxylic acids is 2. The Hall–Kier alpha value is -4.50. The lowest BCUT2D eigenvalue weighted by molar-refractivity contribution is 0.0139. The molecule has 2 aromatic carbocycles. The topological polar surface area (TPSA) is 93.7 Å². The minimum atomic E-state index is -1.44. The van der Waals surface area contributed by atoms with Gasteiger partial charge in [-0.15, -0.1) is 11.5 Å². The van der Waals surface area contributed by atoms with Crippen LogP contribution in [0.25, 0.3) is 22.2 Å². The molecule has 2 atom stereocenters. The van der Waals surface area contributed by atoms with Crippen LogP contribution in [0.5, 0.6) is 11.5 Å². The van der Waals surface area contributed by atoms with Gasteiger partial charge in [-0.25, -0.2) is 19.0 Å². The molecule has 2 aliphatic heterocycles. The van der Waals surface area contributed by atoms with E-state index in [1.807, 2.05) is 76.8 Å². The van der Waals surface area contributed by atoms with Crippen LogP contribution in [0.1, 0.15) is 60.8 Å². The molecule has 0 aliphatic carbocycles. The van der Waals surface area contributed by atoms with Crippen LogP contribution < -0.4 is 14.4 Å². The molecule has 2 saturated heterocycles. The summed E-state index contributed by atoms with van der Waals surface area (Å²) in [7, 11) is 0.239. The molecule has 2 amide bonds. The van der Waals surface area contributed by atoms with Crippen molar-refractivity contribution in [1.82, 2.24) is 14.8 Å². The summed E-state index contributed by atoms with van der Waals surface area (Å²) in [5, 5.41) is 0.714. The molecular formula is C43H59FN4O6Si. The summed E-state index contributed by atoms with van der Waals surface area (Å²) in [5.41, 5.74) is 5.39. The lowest BCUT2D eigenvalue weighted by Gasteiger charge is -2.35. The number of likely N-dealkylation sites (N-methyl/N-ethyl adjacent to an activating group) is 1. The maximum absolute atomic E-state index is 15.7. The van der Waals surface area contributed by atoms with Crippen molar-refractivity contribution in [2.75, 3.05) is 57.9 Å². The van der Waals surface area contributed by atoms with E-state index in [2.05, 4.69) is 36.0 Å². The number of anilines is 1. The number of ether oxygens (including phenoxy) is 4. The summed E-state index contributed by atoms with van der Waals surface area (Å²) < 4.78 is 38.8. The third kappa shape index (κ3) is 12.0. The van der Waals surface area contributed by atoms with Crippen molar-refractivity contribution in [3.63, 3.8) is 0 Å². The zero-order valence-electron chi connectivity index (χ0n) is 34.4. The van der Waals surface area contributed by atoms with Crippen LogP contribution in [0.2, 0.25) is 19.6 Å². The molecule has 0 saturated carbocycles. The van der Waals surface area contributed by atoms with E-state index in [9.17, 15) is 9.59 Å². The molecule has 3 heterocycles. The number of rotatable bonds is 10. The molecule has 10 nitrogen and oxygen atoms in total. The van der Waals surface area contributed by atoms with Gasteiger partial charge in [-0.05, 0) is 103 Å². The van der Waals surface area contributed by atoms with Gasteiger partial charge in [-0.2, -0.15) is 0 Å². The van der Waals surface area contributed by atoms with Crippen molar-refractivity contribution < 1.29 is 32.9 Å². The molecule has 55 heavy (non-hydrogen) atoms. The van der Waals surface area contributed by atoms with Gasteiger partial charge in [-0.1, -0.05) is 19.6 Å². The maximum atomic E-state index is 15.7. The van der Waals surface area contributed by atoms with E-state index in [0.717, 1.165) is 36.5 Å². The van der Waals surface area contributed by atoms with E-state index in [0.29, 0.717) is 68.3 Å². The summed E-state index contributed by atoms with van der Waals surface area (Å²) in [5.74, 6) is 4.31. The quantitative estimate of drug-likeness (QED) is 0.115. The van der Waals surface area contributed by atoms with Crippen molar-refractivity contribution in [3.8, 4) is 34.2 Å². The average molecular weight is 775 g/mol. The van der Waals surface area contributed by atoms with Gasteiger partial charge in [0.1, 0.15) is 31.6 Å². The molecular weight excluding hydrogens is 716 g/mol. The van der Waals surface area contributed by atoms with Crippen LogP contribution >= 0.6 is 0 Å². The highest BCUT2D eigenvalue weighted by Gasteiger charge is 2.40. The predicted octanol–water partition coefficient (Wildman–Crippen LogP) is 9.02. The monoisotopic (exact) mass is 774 g/mol. The van der Waals surface area contributed by atoms with Gasteiger partial charge in [0.2, 0.25) is 0 Å². The Morgan fingerprint density at radius 3 is 2.29 bits per heavy atom. The van der Waals surface area contributed by atoms with E-state index >= 15 is 4.39 Å². The van der Waals surface area contributed by atoms with Gasteiger partial charge in [0.05, 0.1) is 24.4 Å². The Balaban J connectivity index is 1.36. The molecule has 3 aromatic rings. The molecule has 2 aliphatic rings. The van der Waals surface area contributed by atoms with Crippen molar-refractivity contribution in [1.29, 1.82) is 0 Å². The third-order valence-electron chi connectivity index (χ3n) is 9.35. The number of benzene rings is 2. The standard InChI is InChI=1S/C43H59FN4O6Si/c1-42(2,3)53-40(49)46(7)20-22-51-33-16-14-30(15-17-33)36-25-38(48-27-31-18-19-47(28-32(31)29-48)41(50)54-43(4,5)6)34-24-35(44)39(26-37(34)45-36)52-21-12-11-13-23-55(8,9)10/h14-17,24-26,31-32H,11-12,18-22,27-29H2,1-10H3. The SMILES string of the molecule is CN(CCOc1ccc(-c2cc(N3CC4CCN(C(=O)OC(C)(C)C)CC4C3)c3cc(F)c(OCCCC#C[Si](C)(C)C)cc3n2)cc1)C(=O)OC(C)(C)C. The van der Waals surface area contributed by atoms with Gasteiger partial charge in [0, 0.05) is 62.4 Å². The predicted molar refractivity (Wildman–Crippen MR) is 219 cm³/mol. The van der Waals surface area contributed by atoms with Crippen LogP contribution in [-0.2, 0) is 9.47 Å². The first kappa shape index (κ1) is 41.7. The third-order valence-corrected chi connectivity index (χ3v) is 10.3. The maximum Gasteiger partial charge on any atom is 0.410 e. The lowest BCUT2D eigenvalue weighted by atomic mass is 9.89. The van der Waals surface area contributed by atoms with Crippen molar-refractivity contribution in [2.24, 2.45) is 11.8 Å². The fourth-order valence-electron chi connectivity index (χ4n) is 6.71. The highest BCUT2D eigenvalue weighted by atomic mass is 28.3. The molecule has 12 heteroatoms. The number of nitrogens with zero attached hydrogens (tertiary/aromatic N) is 4. The Kier molecular flexibility index (Phi) is 13.0. The van der Waals surface area contributed by atoms with Crippen molar-refractivity contribution in [3.05, 3.63) is 48.3 Å². The molecule has 1 aromatic heterocycles. The molecule has 298 valence electrons. The number of fused-ring (bicyclic) bond motifs is 2. The van der Waals surface area contributed by atoms with Gasteiger partial charge >= 0.3 is 12.2 Å². The van der Waals surface area contributed by atoms with E-state index in [4.69, 9.17) is 23.9 Å². The molecule has 5 rings (SSSR count). The first-order valence-electron chi connectivity index (χ1n) is 19.4. The normalized spacial score (nSPS) is 17.3. The number of pyridine rings is 1. The summed E-state index contributed by atoms with van der Waals surface area (Å²) in [6.07, 6.45) is 1.61. The highest BCUT2D eigenvalue weighted by molar-refractivity contribution is 6.83. The Morgan fingerprint density at radius 1 is 0.927 bits per heavy atom. The van der Waals surface area contributed by atoms with Gasteiger partial charge < -0.3 is 33.6 Å². The van der Waals surface area contributed by atoms with Crippen LogP contribution in [-0.4, -0.2) is 99.2 Å². The van der Waals surface area contributed by atoms with Gasteiger partial charge in [0.15, 0.2) is 11.6 Å². The number of carbonyl (C=O) groups is 2. The number of likely N-dealkylation sites (tertiary alicyclic amines) is 1. The second kappa shape index (κ2) is 17.1. The second-order valence-corrected chi connectivity index (χ2v) is 22.5. The summed E-state index contributed by atoms with van der Waals surface area (Å²) >= 11 is 0. The van der Waals surface area contributed by atoms with E-state index < -0.39 is 31.2 Å². The lowest BCUT2D eigenvalue weighted by Crippen LogP contribution is -2.45. The average Bonchev–Trinajstić information content (AvgIpc) is 3.51. The van der Waals surface area contributed by atoms with Crippen LogP contribution in [0.4, 0.5) is 19.7 Å². The van der Waals surface area contributed by atoms with Crippen LogP contribution in [0.3, 0.4) is 0 Å². The van der Waals surface area contributed by atoms with Crippen molar-refractivity contribution >= 4 is 36.9 Å². The molecule has 0 spiro atoms. The van der Waals surface area contributed by atoms with E-state index in [1.165, 1.54) is 4.90 Å². The highest BCUT2D eigenvalue weighted by Crippen LogP contribution is 2.40. The molecule has 2 fully saturated rings. The molecule has 0 bridgehead atoms. The number of amides is 2. The number of hydrogen-bond donors (Lipinski definition) is 0. The second-order valence-electron chi connectivity index (χ2n) is 17.7. The largest absolute Gasteiger partial charge is 0.492 e. The number of piperidine rings is 1. The number of hydrogen-bond acceptors (Lipinski definition) is 8. The minimum Gasteiger partial charge on any atom is -0.492 e. The fraction of sp³-hybridized carbons (Fsp3) is 0.558. The molecule has 0 N–H and O–H groups in total. The first-order chi connectivity index (χ1) is 25.7. The van der Waals surface area contributed by atoms with Crippen LogP contribution in [0.15, 0.2) is 42.5 Å². The minimum absolute atomic E-state index is 0.171. The summed E-state index contributed by atoms with van der Waals surface area (Å²) in [6, 6.07) is 13.0. The smallest absolute Gasteiger partial charge is 0.410 e. The summed E-state index contributed by atoms with van der Waals surface area (Å²) in [6.45, 7) is 21.6. The number of aromatic nitrogens is 1. The van der Waals surface area contributed by atoms with Gasteiger partial charge in [-0.3, -0.25) is 0 Å². The summed E-state index contributed by atoms with van der Waals surface area (Å²) in [4.78, 5) is 35.9. The Labute approximate surface area is 327 Å². The zero-order valence-corrected chi connectivity index (χ0v) is 35.4. The van der Waals surface area contributed by atoms with Crippen molar-refractivity contribution in [2.45, 2.75) is 91.6 Å². The number of unbranched alkanes of at least 4 members (excludes halogenated alkanes) is 1. The fourth-order valence-corrected chi connectivity index (χ4v) is 7.37. The first-order valence-corrected chi connectivity index (χ1v) is 22.9. The molecule has 0 radical (unpaired) electrons. The van der Waals surface area contributed by atoms with E-state index in [1.54, 1.807) is 19.2 Å².